The van der Waals surface area contributed by atoms with Gasteiger partial charge in [0.15, 0.2) is 0 Å². The Morgan fingerprint density at radius 3 is 2.79 bits per heavy atom. The molecule has 0 aliphatic rings. The Hall–Kier alpha value is -1.81. The molecule has 0 aliphatic carbocycles. The van der Waals surface area contributed by atoms with Gasteiger partial charge in [0.2, 0.25) is 0 Å². The Morgan fingerprint density at radius 1 is 1.32 bits per heavy atom. The number of hydrogen-bond donors (Lipinski definition) is 0. The van der Waals surface area contributed by atoms with Crippen LogP contribution in [-0.4, -0.2) is 42.4 Å². The second-order valence-electron chi connectivity index (χ2n) is 4.85. The smallest absolute Gasteiger partial charge is 0.119 e. The van der Waals surface area contributed by atoms with E-state index in [2.05, 4.69) is 36.2 Å². The molecule has 0 unspecified atom stereocenters. The van der Waals surface area contributed by atoms with Crippen LogP contribution < -0.4 is 4.74 Å². The van der Waals surface area contributed by atoms with Gasteiger partial charge in [0.05, 0.1) is 12.8 Å². The van der Waals surface area contributed by atoms with E-state index in [-0.39, 0.29) is 0 Å². The van der Waals surface area contributed by atoms with Crippen molar-refractivity contribution in [2.24, 2.45) is 0 Å². The second-order valence-corrected chi connectivity index (χ2v) is 4.85. The molecule has 0 atom stereocenters. The van der Waals surface area contributed by atoms with Crippen molar-refractivity contribution in [3.8, 4) is 11.4 Å². The average Bonchev–Trinajstić information content (AvgIpc) is 2.92. The molecule has 1 heterocycles. The maximum Gasteiger partial charge on any atom is 0.119 e. The highest BCUT2D eigenvalue weighted by atomic mass is 16.5. The molecule has 0 fully saturated rings. The third kappa shape index (κ3) is 3.58. The van der Waals surface area contributed by atoms with E-state index in [9.17, 15) is 0 Å². The van der Waals surface area contributed by atoms with E-state index in [1.165, 1.54) is 5.56 Å². The third-order valence-corrected chi connectivity index (χ3v) is 3.09. The average molecular weight is 259 g/mol. The molecule has 2 rings (SSSR count). The lowest BCUT2D eigenvalue weighted by molar-refractivity contribution is 0.399. The van der Waals surface area contributed by atoms with Crippen LogP contribution in [0.3, 0.4) is 0 Å². The number of ether oxygens (including phenoxy) is 1. The Labute approximate surface area is 114 Å². The lowest BCUT2D eigenvalue weighted by Gasteiger charge is -2.13. The molecule has 19 heavy (non-hydrogen) atoms. The molecule has 0 spiro atoms. The summed E-state index contributed by atoms with van der Waals surface area (Å²) >= 11 is 0. The number of benzene rings is 1. The number of hydrogen-bond acceptors (Lipinski definition) is 3. The summed E-state index contributed by atoms with van der Waals surface area (Å²) in [5.41, 5.74) is 2.40. The minimum absolute atomic E-state index is 0.899. The molecule has 2 aromatic rings. The standard InChI is InChI=1S/C15H21N3O/c1-17(2)10-4-6-13-12-14(19-3)7-8-15(13)18-11-5-9-16-18/h5,7-9,11-12H,4,6,10H2,1-3H3. The van der Waals surface area contributed by atoms with E-state index < -0.39 is 0 Å². The van der Waals surface area contributed by atoms with Gasteiger partial charge in [0, 0.05) is 12.4 Å². The first-order valence-electron chi connectivity index (χ1n) is 6.52. The van der Waals surface area contributed by atoms with Crippen LogP contribution in [-0.2, 0) is 6.42 Å². The molecule has 0 bridgehead atoms. The normalized spacial score (nSPS) is 10.9. The monoisotopic (exact) mass is 259 g/mol. The van der Waals surface area contributed by atoms with Crippen molar-refractivity contribution in [3.63, 3.8) is 0 Å². The molecule has 4 heteroatoms. The molecule has 0 N–H and O–H groups in total. The summed E-state index contributed by atoms with van der Waals surface area (Å²) in [6, 6.07) is 8.09. The molecule has 0 amide bonds. The fourth-order valence-electron chi connectivity index (χ4n) is 2.11. The van der Waals surface area contributed by atoms with Crippen molar-refractivity contribution in [2.45, 2.75) is 12.8 Å². The first-order valence-corrected chi connectivity index (χ1v) is 6.52. The molecule has 0 radical (unpaired) electrons. The summed E-state index contributed by atoms with van der Waals surface area (Å²) in [5.74, 6) is 0.899. The lowest BCUT2D eigenvalue weighted by atomic mass is 10.1. The van der Waals surface area contributed by atoms with E-state index in [0.29, 0.717) is 0 Å². The van der Waals surface area contributed by atoms with Gasteiger partial charge in [-0.3, -0.25) is 0 Å². The number of rotatable bonds is 6. The first kappa shape index (κ1) is 13.6. The molecule has 1 aromatic carbocycles. The van der Waals surface area contributed by atoms with Crippen molar-refractivity contribution in [3.05, 3.63) is 42.2 Å². The molecular weight excluding hydrogens is 238 g/mol. The van der Waals surface area contributed by atoms with Crippen LogP contribution in [0.5, 0.6) is 5.75 Å². The molecule has 4 nitrogen and oxygen atoms in total. The van der Waals surface area contributed by atoms with Gasteiger partial charge in [-0.2, -0.15) is 5.10 Å². The molecular formula is C15H21N3O. The van der Waals surface area contributed by atoms with E-state index >= 15 is 0 Å². The Balaban J connectivity index is 2.22. The van der Waals surface area contributed by atoms with Gasteiger partial charge < -0.3 is 9.64 Å². The highest BCUT2D eigenvalue weighted by Crippen LogP contribution is 2.22. The summed E-state index contributed by atoms with van der Waals surface area (Å²) in [6.07, 6.45) is 5.91. The van der Waals surface area contributed by atoms with Crippen LogP contribution in [0.25, 0.3) is 5.69 Å². The Morgan fingerprint density at radius 2 is 2.16 bits per heavy atom. The predicted molar refractivity (Wildman–Crippen MR) is 77.0 cm³/mol. The van der Waals surface area contributed by atoms with Gasteiger partial charge >= 0.3 is 0 Å². The number of nitrogens with zero attached hydrogens (tertiary/aromatic N) is 3. The number of aryl methyl sites for hydroxylation is 1. The van der Waals surface area contributed by atoms with Crippen molar-refractivity contribution >= 4 is 0 Å². The zero-order chi connectivity index (χ0) is 13.7. The number of aromatic nitrogens is 2. The lowest BCUT2D eigenvalue weighted by Crippen LogP contribution is -2.14. The first-order chi connectivity index (χ1) is 9.20. The SMILES string of the molecule is COc1ccc(-n2cccn2)c(CCCN(C)C)c1. The Kier molecular flexibility index (Phi) is 4.58. The quantitative estimate of drug-likeness (QED) is 0.798. The third-order valence-electron chi connectivity index (χ3n) is 3.09. The van der Waals surface area contributed by atoms with Gasteiger partial charge in [-0.05, 0) is 63.3 Å². The van der Waals surface area contributed by atoms with Crippen molar-refractivity contribution in [1.82, 2.24) is 14.7 Å². The van der Waals surface area contributed by atoms with Gasteiger partial charge in [-0.25, -0.2) is 4.68 Å². The highest BCUT2D eigenvalue weighted by Gasteiger charge is 2.07. The summed E-state index contributed by atoms with van der Waals surface area (Å²) in [4.78, 5) is 2.20. The van der Waals surface area contributed by atoms with Crippen LogP contribution in [0.4, 0.5) is 0 Å². The zero-order valence-corrected chi connectivity index (χ0v) is 11.8. The minimum atomic E-state index is 0.899. The predicted octanol–water partition coefficient (Wildman–Crippen LogP) is 2.38. The summed E-state index contributed by atoms with van der Waals surface area (Å²) in [6.45, 7) is 1.08. The summed E-state index contributed by atoms with van der Waals surface area (Å²) < 4.78 is 7.22. The van der Waals surface area contributed by atoms with E-state index in [4.69, 9.17) is 4.74 Å². The summed E-state index contributed by atoms with van der Waals surface area (Å²) in [5, 5.41) is 4.31. The molecule has 0 saturated carbocycles. The van der Waals surface area contributed by atoms with Gasteiger partial charge in [-0.1, -0.05) is 0 Å². The van der Waals surface area contributed by atoms with Crippen LogP contribution in [0.15, 0.2) is 36.7 Å². The highest BCUT2D eigenvalue weighted by molar-refractivity contribution is 5.45. The Bertz CT molecular complexity index is 506. The fourth-order valence-corrected chi connectivity index (χ4v) is 2.11. The molecule has 102 valence electrons. The van der Waals surface area contributed by atoms with Crippen molar-refractivity contribution in [1.29, 1.82) is 0 Å². The van der Waals surface area contributed by atoms with Crippen LogP contribution in [0, 0.1) is 0 Å². The van der Waals surface area contributed by atoms with Gasteiger partial charge in [0.1, 0.15) is 5.75 Å². The van der Waals surface area contributed by atoms with E-state index in [1.54, 1.807) is 13.3 Å². The minimum Gasteiger partial charge on any atom is -0.497 e. The zero-order valence-electron chi connectivity index (χ0n) is 11.8. The fraction of sp³-hybridized carbons (Fsp3) is 0.400. The molecule has 1 aromatic heterocycles. The summed E-state index contributed by atoms with van der Waals surface area (Å²) in [7, 11) is 5.90. The second kappa shape index (κ2) is 6.38. The largest absolute Gasteiger partial charge is 0.497 e. The van der Waals surface area contributed by atoms with Gasteiger partial charge in [0.25, 0.3) is 0 Å². The van der Waals surface area contributed by atoms with E-state index in [1.807, 2.05) is 23.0 Å². The van der Waals surface area contributed by atoms with Crippen LogP contribution in [0.1, 0.15) is 12.0 Å². The number of methoxy groups -OCH3 is 1. The molecule has 0 aliphatic heterocycles. The maximum atomic E-state index is 5.31. The van der Waals surface area contributed by atoms with E-state index in [0.717, 1.165) is 30.8 Å². The van der Waals surface area contributed by atoms with Crippen LogP contribution >= 0.6 is 0 Å². The van der Waals surface area contributed by atoms with Gasteiger partial charge in [-0.15, -0.1) is 0 Å². The van der Waals surface area contributed by atoms with Crippen molar-refractivity contribution < 1.29 is 4.74 Å². The van der Waals surface area contributed by atoms with Crippen molar-refractivity contribution in [2.75, 3.05) is 27.7 Å². The molecule has 0 saturated heterocycles. The van der Waals surface area contributed by atoms with Crippen LogP contribution in [0.2, 0.25) is 0 Å². The maximum absolute atomic E-state index is 5.31. The topological polar surface area (TPSA) is 30.3 Å².